The zero-order valence-corrected chi connectivity index (χ0v) is 11.6. The Morgan fingerprint density at radius 3 is 2.82 bits per heavy atom. The highest BCUT2D eigenvalue weighted by atomic mass is 79.9. The fourth-order valence-corrected chi connectivity index (χ4v) is 1.82. The van der Waals surface area contributed by atoms with Crippen LogP contribution >= 0.6 is 27.5 Å². The Bertz CT molecular complexity index is 531. The van der Waals surface area contributed by atoms with Crippen LogP contribution in [0.25, 0.3) is 0 Å². The number of hydrogen-bond acceptors (Lipinski definition) is 2. The van der Waals surface area contributed by atoms with Crippen LogP contribution in [-0.4, -0.2) is 4.98 Å². The molecule has 0 saturated heterocycles. The summed E-state index contributed by atoms with van der Waals surface area (Å²) in [5.74, 6) is 0.616. The molecule has 0 unspecified atom stereocenters. The van der Waals surface area contributed by atoms with Gasteiger partial charge in [0.1, 0.15) is 6.61 Å². The lowest BCUT2D eigenvalue weighted by atomic mass is 10.2. The van der Waals surface area contributed by atoms with E-state index in [4.69, 9.17) is 16.3 Å². The summed E-state index contributed by atoms with van der Waals surface area (Å²) in [6.45, 7) is 2.39. The number of hydrogen-bond donors (Lipinski definition) is 0. The van der Waals surface area contributed by atoms with Gasteiger partial charge in [-0.1, -0.05) is 23.7 Å². The van der Waals surface area contributed by atoms with Crippen LogP contribution in [0.15, 0.2) is 40.9 Å². The minimum atomic E-state index is 0.467. The van der Waals surface area contributed by atoms with E-state index in [1.54, 1.807) is 0 Å². The molecule has 0 N–H and O–H groups in total. The summed E-state index contributed by atoms with van der Waals surface area (Å²) in [5, 5.41) is 0.714. The number of benzene rings is 1. The van der Waals surface area contributed by atoms with Crippen molar-refractivity contribution in [3.63, 3.8) is 0 Å². The molecule has 1 aromatic heterocycles. The third kappa shape index (κ3) is 3.45. The molecule has 4 heteroatoms. The van der Waals surface area contributed by atoms with E-state index in [9.17, 15) is 0 Å². The molecule has 0 aliphatic heterocycles. The smallest absolute Gasteiger partial charge is 0.213 e. The van der Waals surface area contributed by atoms with Crippen LogP contribution in [0.3, 0.4) is 0 Å². The first-order valence-electron chi connectivity index (χ1n) is 5.15. The Balaban J connectivity index is 2.05. The summed E-state index contributed by atoms with van der Waals surface area (Å²) in [7, 11) is 0. The number of rotatable bonds is 3. The van der Waals surface area contributed by atoms with Crippen molar-refractivity contribution in [3.8, 4) is 5.88 Å². The van der Waals surface area contributed by atoms with E-state index in [0.29, 0.717) is 17.5 Å². The Labute approximate surface area is 114 Å². The Hall–Kier alpha value is -1.06. The third-order valence-electron chi connectivity index (χ3n) is 2.27. The maximum absolute atomic E-state index is 5.90. The standard InChI is InChI=1S/C13H11BrClNO/c1-9-12(14)5-6-13(16-9)17-8-10-3-2-4-11(15)7-10/h2-7H,8H2,1H3. The molecular formula is C13H11BrClNO. The number of aryl methyl sites for hydroxylation is 1. The van der Waals surface area contributed by atoms with Crippen molar-refractivity contribution < 1.29 is 4.74 Å². The molecule has 0 spiro atoms. The van der Waals surface area contributed by atoms with Crippen molar-refractivity contribution >= 4 is 27.5 Å². The molecule has 2 rings (SSSR count). The first kappa shape index (κ1) is 12.4. The van der Waals surface area contributed by atoms with Crippen molar-refractivity contribution in [2.45, 2.75) is 13.5 Å². The van der Waals surface area contributed by atoms with Gasteiger partial charge >= 0.3 is 0 Å². The Kier molecular flexibility index (Phi) is 4.02. The Morgan fingerprint density at radius 2 is 2.12 bits per heavy atom. The molecule has 0 aliphatic rings. The van der Waals surface area contributed by atoms with Gasteiger partial charge in [0, 0.05) is 15.6 Å². The summed E-state index contributed by atoms with van der Waals surface area (Å²) in [4.78, 5) is 4.31. The molecule has 1 heterocycles. The van der Waals surface area contributed by atoms with Crippen molar-refractivity contribution in [2.75, 3.05) is 0 Å². The molecule has 1 aromatic carbocycles. The third-order valence-corrected chi connectivity index (χ3v) is 3.34. The summed E-state index contributed by atoms with van der Waals surface area (Å²) in [6.07, 6.45) is 0. The average Bonchev–Trinajstić information content (AvgIpc) is 2.31. The highest BCUT2D eigenvalue weighted by Gasteiger charge is 2.01. The normalized spacial score (nSPS) is 10.3. The fraction of sp³-hybridized carbons (Fsp3) is 0.154. The Morgan fingerprint density at radius 1 is 1.29 bits per heavy atom. The van der Waals surface area contributed by atoms with E-state index >= 15 is 0 Å². The number of pyridine rings is 1. The minimum absolute atomic E-state index is 0.467. The van der Waals surface area contributed by atoms with Crippen molar-refractivity contribution in [1.82, 2.24) is 4.98 Å². The van der Waals surface area contributed by atoms with Crippen LogP contribution < -0.4 is 4.74 Å². The lowest BCUT2D eigenvalue weighted by Crippen LogP contribution is -1.98. The van der Waals surface area contributed by atoms with E-state index in [0.717, 1.165) is 15.7 Å². The van der Waals surface area contributed by atoms with Crippen LogP contribution in [0.5, 0.6) is 5.88 Å². The summed E-state index contributed by atoms with van der Waals surface area (Å²) < 4.78 is 6.57. The molecule has 0 amide bonds. The second kappa shape index (κ2) is 5.52. The number of halogens is 2. The molecule has 88 valence electrons. The number of nitrogens with zero attached hydrogens (tertiary/aromatic N) is 1. The van der Waals surface area contributed by atoms with E-state index in [-0.39, 0.29) is 0 Å². The van der Waals surface area contributed by atoms with Gasteiger partial charge in [-0.3, -0.25) is 0 Å². The summed E-state index contributed by atoms with van der Waals surface area (Å²) >= 11 is 9.29. The van der Waals surface area contributed by atoms with Gasteiger partial charge in [-0.05, 0) is 46.6 Å². The van der Waals surface area contributed by atoms with Gasteiger partial charge in [-0.2, -0.15) is 0 Å². The molecule has 0 fully saturated rings. The van der Waals surface area contributed by atoms with E-state index < -0.39 is 0 Å². The zero-order valence-electron chi connectivity index (χ0n) is 9.28. The molecule has 0 saturated carbocycles. The summed E-state index contributed by atoms with van der Waals surface area (Å²) in [5.41, 5.74) is 1.94. The topological polar surface area (TPSA) is 22.1 Å². The van der Waals surface area contributed by atoms with Gasteiger partial charge in [0.05, 0.1) is 5.69 Å². The molecular weight excluding hydrogens is 302 g/mol. The average molecular weight is 313 g/mol. The maximum atomic E-state index is 5.90. The van der Waals surface area contributed by atoms with Crippen LogP contribution in [0.4, 0.5) is 0 Å². The molecule has 0 atom stereocenters. The maximum Gasteiger partial charge on any atom is 0.213 e. The number of aromatic nitrogens is 1. The van der Waals surface area contributed by atoms with Crippen molar-refractivity contribution in [3.05, 3.63) is 57.2 Å². The van der Waals surface area contributed by atoms with Crippen LogP contribution in [-0.2, 0) is 6.61 Å². The van der Waals surface area contributed by atoms with Gasteiger partial charge in [0.25, 0.3) is 0 Å². The largest absolute Gasteiger partial charge is 0.473 e. The quantitative estimate of drug-likeness (QED) is 0.839. The van der Waals surface area contributed by atoms with Gasteiger partial charge in [-0.15, -0.1) is 0 Å². The van der Waals surface area contributed by atoms with Crippen LogP contribution in [0.2, 0.25) is 5.02 Å². The summed E-state index contributed by atoms with van der Waals surface area (Å²) in [6, 6.07) is 11.4. The van der Waals surface area contributed by atoms with Crippen molar-refractivity contribution in [1.29, 1.82) is 0 Å². The van der Waals surface area contributed by atoms with E-state index in [2.05, 4.69) is 20.9 Å². The van der Waals surface area contributed by atoms with Gasteiger partial charge in [0.15, 0.2) is 0 Å². The highest BCUT2D eigenvalue weighted by molar-refractivity contribution is 9.10. The second-order valence-electron chi connectivity index (χ2n) is 3.64. The number of ether oxygens (including phenoxy) is 1. The molecule has 0 aliphatic carbocycles. The van der Waals surface area contributed by atoms with Crippen molar-refractivity contribution in [2.24, 2.45) is 0 Å². The van der Waals surface area contributed by atoms with E-state index in [1.165, 1.54) is 0 Å². The van der Waals surface area contributed by atoms with E-state index in [1.807, 2.05) is 43.3 Å². The van der Waals surface area contributed by atoms with Gasteiger partial charge < -0.3 is 4.74 Å². The van der Waals surface area contributed by atoms with Gasteiger partial charge in [0.2, 0.25) is 5.88 Å². The lowest BCUT2D eigenvalue weighted by Gasteiger charge is -2.07. The monoisotopic (exact) mass is 311 g/mol. The SMILES string of the molecule is Cc1nc(OCc2cccc(Cl)c2)ccc1Br. The molecule has 2 aromatic rings. The fourth-order valence-electron chi connectivity index (χ4n) is 1.39. The highest BCUT2D eigenvalue weighted by Crippen LogP contribution is 2.19. The predicted molar refractivity (Wildman–Crippen MR) is 72.5 cm³/mol. The second-order valence-corrected chi connectivity index (χ2v) is 4.93. The first-order valence-corrected chi connectivity index (χ1v) is 6.32. The molecule has 2 nitrogen and oxygen atoms in total. The molecule has 17 heavy (non-hydrogen) atoms. The molecule has 0 radical (unpaired) electrons. The predicted octanol–water partition coefficient (Wildman–Crippen LogP) is 4.38. The molecule has 0 bridgehead atoms. The van der Waals surface area contributed by atoms with Gasteiger partial charge in [-0.25, -0.2) is 4.98 Å². The van der Waals surface area contributed by atoms with Crippen LogP contribution in [0.1, 0.15) is 11.3 Å². The first-order chi connectivity index (χ1) is 8.15. The lowest BCUT2D eigenvalue weighted by molar-refractivity contribution is 0.293. The minimum Gasteiger partial charge on any atom is -0.473 e. The van der Waals surface area contributed by atoms with Crippen LogP contribution in [0, 0.1) is 6.92 Å². The zero-order chi connectivity index (χ0) is 12.3.